The highest BCUT2D eigenvalue weighted by molar-refractivity contribution is 7.99. The minimum Gasteiger partial charge on any atom is -0.493 e. The summed E-state index contributed by atoms with van der Waals surface area (Å²) in [6, 6.07) is 6.75. The Kier molecular flexibility index (Phi) is 4.18. The summed E-state index contributed by atoms with van der Waals surface area (Å²) in [7, 11) is 3.33. The third-order valence-corrected chi connectivity index (χ3v) is 4.39. The largest absolute Gasteiger partial charge is 0.493 e. The lowest BCUT2D eigenvalue weighted by Gasteiger charge is -2.15. The third kappa shape index (κ3) is 2.69. The lowest BCUT2D eigenvalue weighted by atomic mass is 10.1. The number of rotatable bonds is 4. The molecule has 2 rings (SSSR count). The smallest absolute Gasteiger partial charge is 0.161 e. The first-order valence-electron chi connectivity index (χ1n) is 5.88. The number of hydrogen-bond acceptors (Lipinski definition) is 4. The molecular formula is C13H19NO2S. The Morgan fingerprint density at radius 1 is 1.29 bits per heavy atom. The zero-order valence-electron chi connectivity index (χ0n) is 10.5. The average Bonchev–Trinajstić information content (AvgIpc) is 2.86. The van der Waals surface area contributed by atoms with Crippen LogP contribution in [0.1, 0.15) is 24.3 Å². The minimum atomic E-state index is 0.375. The number of ether oxygens (including phenoxy) is 2. The van der Waals surface area contributed by atoms with Crippen molar-refractivity contribution in [3.8, 4) is 11.5 Å². The Bertz CT molecular complexity index is 384. The molecule has 94 valence electrons. The first-order valence-corrected chi connectivity index (χ1v) is 6.93. The van der Waals surface area contributed by atoms with E-state index in [4.69, 9.17) is 9.47 Å². The highest BCUT2D eigenvalue weighted by atomic mass is 32.2. The topological polar surface area (TPSA) is 30.5 Å². The van der Waals surface area contributed by atoms with E-state index in [1.807, 2.05) is 17.8 Å². The van der Waals surface area contributed by atoms with Crippen LogP contribution in [-0.4, -0.2) is 26.0 Å². The predicted octanol–water partition coefficient (Wildman–Crippen LogP) is 2.82. The van der Waals surface area contributed by atoms with Gasteiger partial charge < -0.3 is 9.47 Å². The Hall–Kier alpha value is -0.870. The molecule has 0 aliphatic carbocycles. The van der Waals surface area contributed by atoms with Crippen LogP contribution in [-0.2, 0) is 0 Å². The van der Waals surface area contributed by atoms with Crippen molar-refractivity contribution in [2.45, 2.75) is 24.8 Å². The molecule has 1 heterocycles. The first kappa shape index (κ1) is 12.6. The molecule has 1 aliphatic heterocycles. The SMILES string of the molecule is CCC1CSC(c2ccc(OC)c(OC)c2)N1. The van der Waals surface area contributed by atoms with Crippen LogP contribution in [0.15, 0.2) is 18.2 Å². The van der Waals surface area contributed by atoms with Gasteiger partial charge >= 0.3 is 0 Å². The summed E-state index contributed by atoms with van der Waals surface area (Å²) in [5, 5.41) is 3.99. The normalized spacial score (nSPS) is 23.7. The van der Waals surface area contributed by atoms with Gasteiger partial charge in [-0.05, 0) is 24.1 Å². The Morgan fingerprint density at radius 3 is 2.65 bits per heavy atom. The lowest BCUT2D eigenvalue weighted by molar-refractivity contribution is 0.354. The Balaban J connectivity index is 2.16. The van der Waals surface area contributed by atoms with Gasteiger partial charge in [-0.15, -0.1) is 11.8 Å². The van der Waals surface area contributed by atoms with Crippen LogP contribution >= 0.6 is 11.8 Å². The van der Waals surface area contributed by atoms with E-state index in [2.05, 4.69) is 24.4 Å². The van der Waals surface area contributed by atoms with E-state index in [-0.39, 0.29) is 0 Å². The summed E-state index contributed by atoms with van der Waals surface area (Å²) >= 11 is 1.95. The summed E-state index contributed by atoms with van der Waals surface area (Å²) in [5.41, 5.74) is 1.25. The second kappa shape index (κ2) is 5.65. The molecule has 1 saturated heterocycles. The Morgan fingerprint density at radius 2 is 2.06 bits per heavy atom. The molecule has 4 heteroatoms. The molecule has 1 aromatic carbocycles. The molecule has 0 amide bonds. The summed E-state index contributed by atoms with van der Waals surface area (Å²) in [4.78, 5) is 0. The van der Waals surface area contributed by atoms with Crippen molar-refractivity contribution in [2.75, 3.05) is 20.0 Å². The van der Waals surface area contributed by atoms with Crippen LogP contribution in [0.2, 0.25) is 0 Å². The standard InChI is InChI=1S/C13H19NO2S/c1-4-10-8-17-13(14-10)9-5-6-11(15-2)12(7-9)16-3/h5-7,10,13-14H,4,8H2,1-3H3. The van der Waals surface area contributed by atoms with Crippen molar-refractivity contribution in [1.82, 2.24) is 5.32 Å². The van der Waals surface area contributed by atoms with Crippen LogP contribution in [0.4, 0.5) is 0 Å². The van der Waals surface area contributed by atoms with Gasteiger partial charge in [-0.25, -0.2) is 0 Å². The number of hydrogen-bond donors (Lipinski definition) is 1. The van der Waals surface area contributed by atoms with Crippen molar-refractivity contribution < 1.29 is 9.47 Å². The molecule has 2 atom stereocenters. The molecule has 2 unspecified atom stereocenters. The molecule has 0 spiro atoms. The highest BCUT2D eigenvalue weighted by Crippen LogP contribution is 2.37. The van der Waals surface area contributed by atoms with Crippen molar-refractivity contribution in [3.05, 3.63) is 23.8 Å². The molecule has 1 N–H and O–H groups in total. The van der Waals surface area contributed by atoms with Crippen molar-refractivity contribution in [1.29, 1.82) is 0 Å². The fourth-order valence-electron chi connectivity index (χ4n) is 1.97. The van der Waals surface area contributed by atoms with E-state index in [0.717, 1.165) is 11.5 Å². The zero-order chi connectivity index (χ0) is 12.3. The van der Waals surface area contributed by atoms with Gasteiger partial charge in [0.15, 0.2) is 11.5 Å². The second-order valence-electron chi connectivity index (χ2n) is 4.10. The van der Waals surface area contributed by atoms with E-state index >= 15 is 0 Å². The van der Waals surface area contributed by atoms with E-state index in [0.29, 0.717) is 11.4 Å². The van der Waals surface area contributed by atoms with Crippen LogP contribution in [0.5, 0.6) is 11.5 Å². The van der Waals surface area contributed by atoms with Crippen LogP contribution < -0.4 is 14.8 Å². The van der Waals surface area contributed by atoms with Crippen molar-refractivity contribution >= 4 is 11.8 Å². The average molecular weight is 253 g/mol. The van der Waals surface area contributed by atoms with Crippen LogP contribution in [0.3, 0.4) is 0 Å². The molecule has 0 bridgehead atoms. The number of thioether (sulfide) groups is 1. The van der Waals surface area contributed by atoms with Gasteiger partial charge in [-0.3, -0.25) is 5.32 Å². The molecule has 0 radical (unpaired) electrons. The monoisotopic (exact) mass is 253 g/mol. The molecule has 17 heavy (non-hydrogen) atoms. The van der Waals surface area contributed by atoms with Gasteiger partial charge in [0.1, 0.15) is 0 Å². The van der Waals surface area contributed by atoms with Crippen molar-refractivity contribution in [3.63, 3.8) is 0 Å². The molecule has 3 nitrogen and oxygen atoms in total. The van der Waals surface area contributed by atoms with Gasteiger partial charge in [0, 0.05) is 11.8 Å². The number of benzene rings is 1. The Labute approximate surface area is 107 Å². The van der Waals surface area contributed by atoms with Crippen LogP contribution in [0, 0.1) is 0 Å². The van der Waals surface area contributed by atoms with Gasteiger partial charge in [0.2, 0.25) is 0 Å². The zero-order valence-corrected chi connectivity index (χ0v) is 11.3. The molecule has 0 aromatic heterocycles. The minimum absolute atomic E-state index is 0.375. The van der Waals surface area contributed by atoms with Gasteiger partial charge in [0.25, 0.3) is 0 Å². The maximum absolute atomic E-state index is 5.33. The summed E-state index contributed by atoms with van der Waals surface area (Å²) in [5.74, 6) is 2.76. The van der Waals surface area contributed by atoms with E-state index in [1.165, 1.54) is 17.7 Å². The fraction of sp³-hybridized carbons (Fsp3) is 0.538. The summed E-state index contributed by atoms with van der Waals surface area (Å²) in [6.07, 6.45) is 1.18. The second-order valence-corrected chi connectivity index (χ2v) is 5.24. The van der Waals surface area contributed by atoms with E-state index < -0.39 is 0 Å². The maximum Gasteiger partial charge on any atom is 0.161 e. The highest BCUT2D eigenvalue weighted by Gasteiger charge is 2.24. The third-order valence-electron chi connectivity index (χ3n) is 3.05. The maximum atomic E-state index is 5.33. The van der Waals surface area contributed by atoms with E-state index in [9.17, 15) is 0 Å². The molecule has 1 aromatic rings. The molecule has 0 saturated carbocycles. The molecular weight excluding hydrogens is 234 g/mol. The summed E-state index contributed by atoms with van der Waals surface area (Å²) < 4.78 is 10.6. The van der Waals surface area contributed by atoms with Gasteiger partial charge in [0.05, 0.1) is 19.6 Å². The van der Waals surface area contributed by atoms with E-state index in [1.54, 1.807) is 14.2 Å². The summed E-state index contributed by atoms with van der Waals surface area (Å²) in [6.45, 7) is 2.22. The lowest BCUT2D eigenvalue weighted by Crippen LogP contribution is -2.24. The molecule has 1 aliphatic rings. The van der Waals surface area contributed by atoms with Crippen molar-refractivity contribution in [2.24, 2.45) is 0 Å². The molecule has 1 fully saturated rings. The fourth-order valence-corrected chi connectivity index (χ4v) is 3.35. The predicted molar refractivity (Wildman–Crippen MR) is 72.0 cm³/mol. The van der Waals surface area contributed by atoms with Gasteiger partial charge in [-0.1, -0.05) is 13.0 Å². The number of nitrogens with one attached hydrogen (secondary N) is 1. The number of methoxy groups -OCH3 is 2. The first-order chi connectivity index (χ1) is 8.28. The van der Waals surface area contributed by atoms with Gasteiger partial charge in [-0.2, -0.15) is 0 Å². The quantitative estimate of drug-likeness (QED) is 0.894. The van der Waals surface area contributed by atoms with Crippen LogP contribution in [0.25, 0.3) is 0 Å².